The van der Waals surface area contributed by atoms with Crippen molar-refractivity contribution in [3.8, 4) is 0 Å². The van der Waals surface area contributed by atoms with Gasteiger partial charge in [-0.1, -0.05) is 0 Å². The van der Waals surface area contributed by atoms with Crippen molar-refractivity contribution in [1.29, 1.82) is 0 Å². The highest BCUT2D eigenvalue weighted by Crippen LogP contribution is 2.21. The van der Waals surface area contributed by atoms with Crippen LogP contribution in [0.1, 0.15) is 13.3 Å². The van der Waals surface area contributed by atoms with Gasteiger partial charge < -0.3 is 10.1 Å². The third kappa shape index (κ3) is 3.40. The van der Waals surface area contributed by atoms with Crippen molar-refractivity contribution in [3.05, 3.63) is 0 Å². The zero-order valence-electron chi connectivity index (χ0n) is 6.82. The van der Waals surface area contributed by atoms with E-state index in [0.29, 0.717) is 13.2 Å². The van der Waals surface area contributed by atoms with Gasteiger partial charge in [0.15, 0.2) is 0 Å². The Morgan fingerprint density at radius 1 is 1.50 bits per heavy atom. The zero-order chi connectivity index (χ0) is 9.19. The summed E-state index contributed by atoms with van der Waals surface area (Å²) in [5.74, 6) is 0. The minimum absolute atomic E-state index is 0.113. The predicted octanol–water partition coefficient (Wildman–Crippen LogP) is 1.32. The Kier molecular flexibility index (Phi) is 2.95. The summed E-state index contributed by atoms with van der Waals surface area (Å²) in [6.07, 6.45) is -4.85. The van der Waals surface area contributed by atoms with E-state index in [4.69, 9.17) is 4.74 Å². The van der Waals surface area contributed by atoms with Crippen LogP contribution in [0.4, 0.5) is 13.2 Å². The lowest BCUT2D eigenvalue weighted by atomic mass is 10.2. The fourth-order valence-corrected chi connectivity index (χ4v) is 1.14. The second-order valence-corrected chi connectivity index (χ2v) is 3.12. The second-order valence-electron chi connectivity index (χ2n) is 3.12. The SMILES string of the molecule is CC(CC(F)(F)F)NC1COC1. The van der Waals surface area contributed by atoms with Gasteiger partial charge in [-0.05, 0) is 6.92 Å². The van der Waals surface area contributed by atoms with Gasteiger partial charge in [-0.2, -0.15) is 13.2 Å². The van der Waals surface area contributed by atoms with Gasteiger partial charge in [0.1, 0.15) is 0 Å². The van der Waals surface area contributed by atoms with E-state index in [9.17, 15) is 13.2 Å². The normalized spacial score (nSPS) is 22.0. The topological polar surface area (TPSA) is 21.3 Å². The summed E-state index contributed by atoms with van der Waals surface area (Å²) in [5, 5.41) is 2.83. The van der Waals surface area contributed by atoms with Gasteiger partial charge in [-0.15, -0.1) is 0 Å². The average molecular weight is 183 g/mol. The molecule has 1 heterocycles. The van der Waals surface area contributed by atoms with Crippen LogP contribution < -0.4 is 5.32 Å². The molecule has 0 saturated carbocycles. The van der Waals surface area contributed by atoms with Gasteiger partial charge in [0.05, 0.1) is 25.7 Å². The summed E-state index contributed by atoms with van der Waals surface area (Å²) in [7, 11) is 0. The highest BCUT2D eigenvalue weighted by molar-refractivity contribution is 4.77. The molecule has 1 saturated heterocycles. The Hall–Kier alpha value is -0.290. The first-order valence-corrected chi connectivity index (χ1v) is 3.88. The van der Waals surface area contributed by atoms with Crippen molar-refractivity contribution in [2.24, 2.45) is 0 Å². The van der Waals surface area contributed by atoms with Crippen molar-refractivity contribution in [2.75, 3.05) is 13.2 Å². The van der Waals surface area contributed by atoms with E-state index in [1.54, 1.807) is 0 Å². The van der Waals surface area contributed by atoms with Crippen molar-refractivity contribution in [2.45, 2.75) is 31.6 Å². The molecule has 1 N–H and O–H groups in total. The quantitative estimate of drug-likeness (QED) is 0.712. The number of alkyl halides is 3. The molecule has 72 valence electrons. The van der Waals surface area contributed by atoms with Crippen LogP contribution in [0.25, 0.3) is 0 Å². The molecule has 1 unspecified atom stereocenters. The third-order valence-corrected chi connectivity index (χ3v) is 1.70. The van der Waals surface area contributed by atoms with Gasteiger partial charge >= 0.3 is 6.18 Å². The zero-order valence-corrected chi connectivity index (χ0v) is 6.82. The minimum atomic E-state index is -4.07. The lowest BCUT2D eigenvalue weighted by molar-refractivity contribution is -0.141. The van der Waals surface area contributed by atoms with E-state index in [2.05, 4.69) is 5.32 Å². The van der Waals surface area contributed by atoms with E-state index in [1.165, 1.54) is 6.92 Å². The first-order valence-electron chi connectivity index (χ1n) is 3.88. The van der Waals surface area contributed by atoms with Crippen molar-refractivity contribution in [1.82, 2.24) is 5.32 Å². The molecule has 1 aliphatic rings. The molecule has 0 aliphatic carbocycles. The first kappa shape index (κ1) is 9.80. The highest BCUT2D eigenvalue weighted by Gasteiger charge is 2.31. The third-order valence-electron chi connectivity index (χ3n) is 1.70. The summed E-state index contributed by atoms with van der Waals surface area (Å²) in [5.41, 5.74) is 0. The van der Waals surface area contributed by atoms with Gasteiger partial charge in [0, 0.05) is 6.04 Å². The molecule has 0 spiro atoms. The molecule has 1 aliphatic heterocycles. The van der Waals surface area contributed by atoms with Crippen molar-refractivity contribution < 1.29 is 17.9 Å². The maximum Gasteiger partial charge on any atom is 0.390 e. The van der Waals surface area contributed by atoms with Crippen LogP contribution in [0.15, 0.2) is 0 Å². The Morgan fingerprint density at radius 3 is 2.42 bits per heavy atom. The second kappa shape index (κ2) is 3.62. The number of rotatable bonds is 3. The van der Waals surface area contributed by atoms with Gasteiger partial charge in [0.25, 0.3) is 0 Å². The predicted molar refractivity (Wildman–Crippen MR) is 37.9 cm³/mol. The Bertz CT molecular complexity index is 144. The summed E-state index contributed by atoms with van der Waals surface area (Å²) < 4.78 is 40.2. The molecule has 1 atom stereocenters. The van der Waals surface area contributed by atoms with Crippen LogP contribution in [0.5, 0.6) is 0 Å². The molecule has 0 aromatic carbocycles. The van der Waals surface area contributed by atoms with Crippen molar-refractivity contribution in [3.63, 3.8) is 0 Å². The first-order chi connectivity index (χ1) is 5.47. The minimum Gasteiger partial charge on any atom is -0.378 e. The fraction of sp³-hybridized carbons (Fsp3) is 1.00. The Balaban J connectivity index is 2.14. The van der Waals surface area contributed by atoms with Crippen molar-refractivity contribution >= 4 is 0 Å². The molecule has 2 nitrogen and oxygen atoms in total. The van der Waals surface area contributed by atoms with E-state index < -0.39 is 18.6 Å². The molecule has 1 fully saturated rings. The number of hydrogen-bond donors (Lipinski definition) is 1. The Labute approximate surface area is 69.1 Å². The van der Waals surface area contributed by atoms with Gasteiger partial charge in [-0.3, -0.25) is 0 Å². The van der Waals surface area contributed by atoms with Gasteiger partial charge in [0.2, 0.25) is 0 Å². The van der Waals surface area contributed by atoms with Crippen LogP contribution in [0, 0.1) is 0 Å². The summed E-state index contributed by atoms with van der Waals surface area (Å²) in [6, 6.07) is -0.402. The fourth-order valence-electron chi connectivity index (χ4n) is 1.14. The molecule has 12 heavy (non-hydrogen) atoms. The smallest absolute Gasteiger partial charge is 0.378 e. The van der Waals surface area contributed by atoms with E-state index in [-0.39, 0.29) is 6.04 Å². The number of nitrogens with one attached hydrogen (secondary N) is 1. The summed E-state index contributed by atoms with van der Waals surface area (Å²) >= 11 is 0. The molecule has 5 heteroatoms. The molecule has 0 radical (unpaired) electrons. The number of hydrogen-bond acceptors (Lipinski definition) is 2. The maximum atomic E-state index is 11.8. The summed E-state index contributed by atoms with van der Waals surface area (Å²) in [4.78, 5) is 0. The highest BCUT2D eigenvalue weighted by atomic mass is 19.4. The van der Waals surface area contributed by atoms with E-state index in [1.807, 2.05) is 0 Å². The van der Waals surface area contributed by atoms with Crippen LogP contribution in [-0.2, 0) is 4.74 Å². The van der Waals surface area contributed by atoms with Crippen LogP contribution >= 0.6 is 0 Å². The van der Waals surface area contributed by atoms with Crippen LogP contribution in [0.3, 0.4) is 0 Å². The lowest BCUT2D eigenvalue weighted by Gasteiger charge is -2.30. The molecular weight excluding hydrogens is 171 g/mol. The number of halogens is 3. The molecule has 0 amide bonds. The molecule has 0 aromatic heterocycles. The summed E-state index contributed by atoms with van der Waals surface area (Å²) in [6.45, 7) is 2.59. The van der Waals surface area contributed by atoms with Crippen LogP contribution in [0.2, 0.25) is 0 Å². The van der Waals surface area contributed by atoms with Crippen LogP contribution in [-0.4, -0.2) is 31.5 Å². The average Bonchev–Trinajstić information content (AvgIpc) is 1.74. The standard InChI is InChI=1S/C7H12F3NO/c1-5(2-7(8,9)10)11-6-3-12-4-6/h5-6,11H,2-4H2,1H3. The molecule has 0 aromatic rings. The molecule has 0 bridgehead atoms. The largest absolute Gasteiger partial charge is 0.390 e. The molecule has 1 rings (SSSR count). The Morgan fingerprint density at radius 2 is 2.08 bits per heavy atom. The monoisotopic (exact) mass is 183 g/mol. The molecular formula is C7H12F3NO. The van der Waals surface area contributed by atoms with Gasteiger partial charge in [-0.25, -0.2) is 0 Å². The van der Waals surface area contributed by atoms with E-state index >= 15 is 0 Å². The number of ether oxygens (including phenoxy) is 1. The lowest BCUT2D eigenvalue weighted by Crippen LogP contribution is -2.50. The van der Waals surface area contributed by atoms with E-state index in [0.717, 1.165) is 0 Å². The maximum absolute atomic E-state index is 11.8.